The minimum absolute atomic E-state index is 0.331. The van der Waals surface area contributed by atoms with Crippen molar-refractivity contribution in [3.63, 3.8) is 0 Å². The Bertz CT molecular complexity index is 655. The van der Waals surface area contributed by atoms with Crippen molar-refractivity contribution in [2.75, 3.05) is 12.4 Å². The van der Waals surface area contributed by atoms with Crippen LogP contribution in [0, 0.1) is 17.1 Å². The van der Waals surface area contributed by atoms with Gasteiger partial charge < -0.3 is 10.1 Å². The minimum Gasteiger partial charge on any atom is -0.495 e. The molecule has 2 aromatic rings. The molecule has 0 heterocycles. The molecule has 0 spiro atoms. The Morgan fingerprint density at radius 2 is 2.05 bits per heavy atom. The summed E-state index contributed by atoms with van der Waals surface area (Å²) in [6.07, 6.45) is 0. The van der Waals surface area contributed by atoms with Crippen molar-refractivity contribution in [3.05, 3.63) is 58.3 Å². The van der Waals surface area contributed by atoms with E-state index in [4.69, 9.17) is 4.74 Å². The molecule has 0 radical (unpaired) electrons. The molecule has 0 saturated heterocycles. The standard InChI is InChI=1S/C15H12BrFN2O/c1-20-15-5-3-2-4-13(15)19-14(9-18)10-6-7-12(17)11(16)8-10/h2-8,14,19H,1H3. The van der Waals surface area contributed by atoms with Crippen LogP contribution in [0.5, 0.6) is 5.75 Å². The highest BCUT2D eigenvalue weighted by molar-refractivity contribution is 9.10. The fraction of sp³-hybridized carbons (Fsp3) is 0.133. The summed E-state index contributed by atoms with van der Waals surface area (Å²) in [5.41, 5.74) is 1.38. The Morgan fingerprint density at radius 1 is 1.30 bits per heavy atom. The zero-order valence-electron chi connectivity index (χ0n) is 10.7. The van der Waals surface area contributed by atoms with Crippen molar-refractivity contribution >= 4 is 21.6 Å². The SMILES string of the molecule is COc1ccccc1NC(C#N)c1ccc(F)c(Br)c1. The topological polar surface area (TPSA) is 45.0 Å². The number of para-hydroxylation sites is 2. The summed E-state index contributed by atoms with van der Waals surface area (Å²) in [6.45, 7) is 0. The van der Waals surface area contributed by atoms with Crippen LogP contribution in [-0.4, -0.2) is 7.11 Å². The van der Waals surface area contributed by atoms with Crippen molar-refractivity contribution in [1.29, 1.82) is 5.26 Å². The van der Waals surface area contributed by atoms with Crippen LogP contribution in [0.3, 0.4) is 0 Å². The lowest BCUT2D eigenvalue weighted by Gasteiger charge is -2.16. The van der Waals surface area contributed by atoms with Gasteiger partial charge in [0.05, 0.1) is 23.3 Å². The molecule has 1 N–H and O–H groups in total. The number of nitrogens with one attached hydrogen (secondary N) is 1. The molecule has 2 aromatic carbocycles. The van der Waals surface area contributed by atoms with E-state index in [2.05, 4.69) is 27.3 Å². The number of halogens is 2. The van der Waals surface area contributed by atoms with E-state index >= 15 is 0 Å². The number of ether oxygens (including phenoxy) is 1. The smallest absolute Gasteiger partial charge is 0.141 e. The zero-order chi connectivity index (χ0) is 14.5. The van der Waals surface area contributed by atoms with Gasteiger partial charge in [-0.1, -0.05) is 18.2 Å². The van der Waals surface area contributed by atoms with Gasteiger partial charge in [-0.3, -0.25) is 0 Å². The third-order valence-electron chi connectivity index (χ3n) is 2.81. The van der Waals surface area contributed by atoms with Gasteiger partial charge in [-0.25, -0.2) is 4.39 Å². The van der Waals surface area contributed by atoms with Gasteiger partial charge in [0.25, 0.3) is 0 Å². The summed E-state index contributed by atoms with van der Waals surface area (Å²) < 4.78 is 18.8. The molecule has 3 nitrogen and oxygen atoms in total. The van der Waals surface area contributed by atoms with E-state index in [9.17, 15) is 9.65 Å². The molecule has 0 aromatic heterocycles. The Hall–Kier alpha value is -2.06. The number of nitriles is 1. The monoisotopic (exact) mass is 334 g/mol. The quantitative estimate of drug-likeness (QED) is 0.907. The second-order valence-corrected chi connectivity index (χ2v) is 4.93. The van der Waals surface area contributed by atoms with Gasteiger partial charge in [0.1, 0.15) is 17.6 Å². The normalized spacial score (nSPS) is 11.5. The first kappa shape index (κ1) is 14.4. The van der Waals surface area contributed by atoms with E-state index in [1.54, 1.807) is 25.3 Å². The third kappa shape index (κ3) is 3.09. The summed E-state index contributed by atoms with van der Waals surface area (Å²) >= 11 is 3.12. The first-order valence-corrected chi connectivity index (χ1v) is 6.69. The number of hydrogen-bond acceptors (Lipinski definition) is 3. The predicted octanol–water partition coefficient (Wildman–Crippen LogP) is 4.27. The van der Waals surface area contributed by atoms with Crippen LogP contribution in [0.4, 0.5) is 10.1 Å². The molecule has 5 heteroatoms. The first-order chi connectivity index (χ1) is 9.65. The first-order valence-electron chi connectivity index (χ1n) is 5.90. The van der Waals surface area contributed by atoms with E-state index in [0.717, 1.165) is 0 Å². The fourth-order valence-corrected chi connectivity index (χ4v) is 2.20. The Morgan fingerprint density at radius 3 is 2.70 bits per heavy atom. The second kappa shape index (κ2) is 6.40. The molecular weight excluding hydrogens is 323 g/mol. The molecule has 102 valence electrons. The predicted molar refractivity (Wildman–Crippen MR) is 79.1 cm³/mol. The van der Waals surface area contributed by atoms with Gasteiger partial charge in [0.2, 0.25) is 0 Å². The van der Waals surface area contributed by atoms with Crippen LogP contribution in [0.25, 0.3) is 0 Å². The summed E-state index contributed by atoms with van der Waals surface area (Å²) in [5.74, 6) is 0.289. The number of methoxy groups -OCH3 is 1. The fourth-order valence-electron chi connectivity index (χ4n) is 1.80. The summed E-state index contributed by atoms with van der Waals surface area (Å²) in [4.78, 5) is 0. The van der Waals surface area contributed by atoms with E-state index < -0.39 is 6.04 Å². The van der Waals surface area contributed by atoms with Gasteiger partial charge >= 0.3 is 0 Å². The summed E-state index contributed by atoms with van der Waals surface area (Å²) in [7, 11) is 1.57. The maximum Gasteiger partial charge on any atom is 0.141 e. The molecule has 0 saturated carbocycles. The van der Waals surface area contributed by atoms with E-state index in [1.807, 2.05) is 18.2 Å². The van der Waals surface area contributed by atoms with Crippen LogP contribution < -0.4 is 10.1 Å². The molecule has 0 bridgehead atoms. The third-order valence-corrected chi connectivity index (χ3v) is 3.42. The molecule has 0 aliphatic rings. The van der Waals surface area contributed by atoms with Crippen LogP contribution in [0.1, 0.15) is 11.6 Å². The summed E-state index contributed by atoms with van der Waals surface area (Å²) in [6, 6.07) is 13.4. The van der Waals surface area contributed by atoms with Gasteiger partial charge in [0, 0.05) is 0 Å². The largest absolute Gasteiger partial charge is 0.495 e. The molecule has 0 aliphatic heterocycles. The molecule has 0 fully saturated rings. The number of benzene rings is 2. The second-order valence-electron chi connectivity index (χ2n) is 4.08. The van der Waals surface area contributed by atoms with E-state index in [1.165, 1.54) is 6.07 Å². The van der Waals surface area contributed by atoms with E-state index in [0.29, 0.717) is 21.5 Å². The highest BCUT2D eigenvalue weighted by Crippen LogP contribution is 2.29. The highest BCUT2D eigenvalue weighted by Gasteiger charge is 2.14. The molecule has 20 heavy (non-hydrogen) atoms. The van der Waals surface area contributed by atoms with Gasteiger partial charge in [-0.15, -0.1) is 0 Å². The molecule has 0 amide bonds. The minimum atomic E-state index is -0.594. The van der Waals surface area contributed by atoms with Gasteiger partial charge in [-0.05, 0) is 45.8 Å². The van der Waals surface area contributed by atoms with Crippen molar-refractivity contribution in [2.24, 2.45) is 0 Å². The van der Waals surface area contributed by atoms with Crippen molar-refractivity contribution < 1.29 is 9.13 Å². The maximum absolute atomic E-state index is 13.2. The van der Waals surface area contributed by atoms with Gasteiger partial charge in [-0.2, -0.15) is 5.26 Å². The molecule has 1 unspecified atom stereocenters. The number of rotatable bonds is 4. The summed E-state index contributed by atoms with van der Waals surface area (Å²) in [5, 5.41) is 12.4. The molecule has 2 rings (SSSR count). The lowest BCUT2D eigenvalue weighted by molar-refractivity contribution is 0.416. The number of nitrogens with zero attached hydrogens (tertiary/aromatic N) is 1. The van der Waals surface area contributed by atoms with Crippen molar-refractivity contribution in [1.82, 2.24) is 0 Å². The lowest BCUT2D eigenvalue weighted by atomic mass is 10.1. The van der Waals surface area contributed by atoms with Crippen molar-refractivity contribution in [3.8, 4) is 11.8 Å². The average molecular weight is 335 g/mol. The molecular formula is C15H12BrFN2O. The van der Waals surface area contributed by atoms with Crippen LogP contribution in [-0.2, 0) is 0 Å². The van der Waals surface area contributed by atoms with Crippen LogP contribution >= 0.6 is 15.9 Å². The van der Waals surface area contributed by atoms with Crippen LogP contribution in [0.15, 0.2) is 46.9 Å². The maximum atomic E-state index is 13.2. The van der Waals surface area contributed by atoms with Crippen LogP contribution in [0.2, 0.25) is 0 Å². The zero-order valence-corrected chi connectivity index (χ0v) is 12.3. The number of anilines is 1. The van der Waals surface area contributed by atoms with E-state index in [-0.39, 0.29) is 5.82 Å². The molecule has 0 aliphatic carbocycles. The Kier molecular flexibility index (Phi) is 4.59. The molecule has 1 atom stereocenters. The number of hydrogen-bond donors (Lipinski definition) is 1. The average Bonchev–Trinajstić information content (AvgIpc) is 2.48. The lowest BCUT2D eigenvalue weighted by Crippen LogP contribution is -2.09. The van der Waals surface area contributed by atoms with Crippen molar-refractivity contribution in [2.45, 2.75) is 6.04 Å². The highest BCUT2D eigenvalue weighted by atomic mass is 79.9. The Labute approximate surface area is 125 Å². The van der Waals surface area contributed by atoms with Gasteiger partial charge in [0.15, 0.2) is 0 Å². The Balaban J connectivity index is 2.29.